The molecular formula is C38H30N2O5. The van der Waals surface area contributed by atoms with Crippen molar-refractivity contribution in [2.75, 3.05) is 17.2 Å². The van der Waals surface area contributed by atoms with Gasteiger partial charge in [0.15, 0.2) is 0 Å². The Morgan fingerprint density at radius 1 is 0.533 bits per heavy atom. The van der Waals surface area contributed by atoms with E-state index in [1.165, 1.54) is 0 Å². The lowest BCUT2D eigenvalue weighted by molar-refractivity contribution is 0.101. The van der Waals surface area contributed by atoms with E-state index in [1.807, 2.05) is 79.7 Å². The van der Waals surface area contributed by atoms with Crippen molar-refractivity contribution in [3.63, 3.8) is 0 Å². The number of hydrogen-bond donors (Lipinski definition) is 2. The van der Waals surface area contributed by atoms with Gasteiger partial charge in [-0.2, -0.15) is 0 Å². The van der Waals surface area contributed by atoms with Crippen LogP contribution in [-0.4, -0.2) is 18.4 Å². The summed E-state index contributed by atoms with van der Waals surface area (Å²) in [6.07, 6.45) is 0. The number of carbonyl (C=O) groups is 2. The van der Waals surface area contributed by atoms with Crippen molar-refractivity contribution in [2.24, 2.45) is 0 Å². The van der Waals surface area contributed by atoms with Gasteiger partial charge in [-0.25, -0.2) is 0 Å². The maximum atomic E-state index is 13.4. The van der Waals surface area contributed by atoms with Crippen LogP contribution in [0.2, 0.25) is 0 Å². The molecule has 7 nitrogen and oxygen atoms in total. The fourth-order valence-electron chi connectivity index (χ4n) is 4.73. The number of anilines is 2. The Morgan fingerprint density at radius 2 is 1.04 bits per heavy atom. The van der Waals surface area contributed by atoms with Crippen LogP contribution in [-0.2, 0) is 0 Å². The van der Waals surface area contributed by atoms with Gasteiger partial charge in [-0.3, -0.25) is 9.59 Å². The molecule has 0 heterocycles. The molecule has 6 aromatic carbocycles. The highest BCUT2D eigenvalue weighted by Gasteiger charge is 2.16. The van der Waals surface area contributed by atoms with Crippen LogP contribution in [0, 0.1) is 0 Å². The Labute approximate surface area is 261 Å². The summed E-state index contributed by atoms with van der Waals surface area (Å²) < 4.78 is 17.5. The van der Waals surface area contributed by atoms with Crippen LogP contribution >= 0.6 is 0 Å². The van der Waals surface area contributed by atoms with E-state index in [9.17, 15) is 9.59 Å². The summed E-state index contributed by atoms with van der Waals surface area (Å²) in [5.41, 5.74) is 2.06. The van der Waals surface area contributed by atoms with E-state index in [4.69, 9.17) is 14.2 Å². The lowest BCUT2D eigenvalue weighted by atomic mass is 10.0. The van der Waals surface area contributed by atoms with Crippen LogP contribution in [0.15, 0.2) is 140 Å². The highest BCUT2D eigenvalue weighted by Crippen LogP contribution is 2.30. The van der Waals surface area contributed by atoms with Gasteiger partial charge in [0, 0.05) is 16.9 Å². The van der Waals surface area contributed by atoms with Gasteiger partial charge in [-0.15, -0.1) is 0 Å². The number of benzene rings is 6. The predicted molar refractivity (Wildman–Crippen MR) is 177 cm³/mol. The highest BCUT2D eigenvalue weighted by atomic mass is 16.5. The van der Waals surface area contributed by atoms with E-state index in [0.29, 0.717) is 46.4 Å². The van der Waals surface area contributed by atoms with E-state index in [2.05, 4.69) is 10.6 Å². The molecule has 0 bridgehead atoms. The van der Waals surface area contributed by atoms with E-state index >= 15 is 0 Å². The van der Waals surface area contributed by atoms with Crippen molar-refractivity contribution in [3.8, 4) is 28.7 Å². The minimum absolute atomic E-state index is 0.272. The Morgan fingerprint density at radius 3 is 1.58 bits per heavy atom. The van der Waals surface area contributed by atoms with Crippen LogP contribution in [0.4, 0.5) is 11.4 Å². The number of amides is 2. The minimum Gasteiger partial charge on any atom is -0.493 e. The monoisotopic (exact) mass is 594 g/mol. The fourth-order valence-corrected chi connectivity index (χ4v) is 4.73. The molecule has 0 aliphatic rings. The van der Waals surface area contributed by atoms with Crippen molar-refractivity contribution < 1.29 is 23.8 Å². The largest absolute Gasteiger partial charge is 0.493 e. The average molecular weight is 595 g/mol. The summed E-state index contributed by atoms with van der Waals surface area (Å²) in [5.74, 6) is 2.64. The number of nitrogens with one attached hydrogen (secondary N) is 2. The van der Waals surface area contributed by atoms with Crippen LogP contribution in [0.3, 0.4) is 0 Å². The van der Waals surface area contributed by atoms with E-state index in [0.717, 1.165) is 22.3 Å². The van der Waals surface area contributed by atoms with E-state index < -0.39 is 0 Å². The van der Waals surface area contributed by atoms with Crippen molar-refractivity contribution in [2.45, 2.75) is 6.92 Å². The molecule has 6 aromatic rings. The molecule has 222 valence electrons. The SMILES string of the molecule is CCOc1cc2ccc(C(=O)Nc3ccc(Oc4ccccc4)cc3)cc2cc1C(=O)Nc1ccc(Oc2ccccc2)cc1. The van der Waals surface area contributed by atoms with Crippen molar-refractivity contribution in [1.29, 1.82) is 0 Å². The maximum absolute atomic E-state index is 13.4. The zero-order chi connectivity index (χ0) is 31.0. The molecule has 0 unspecified atom stereocenters. The molecule has 45 heavy (non-hydrogen) atoms. The number of hydrogen-bond acceptors (Lipinski definition) is 5. The van der Waals surface area contributed by atoms with Crippen LogP contribution in [0.25, 0.3) is 10.8 Å². The maximum Gasteiger partial charge on any atom is 0.259 e. The zero-order valence-corrected chi connectivity index (χ0v) is 24.5. The fraction of sp³-hybridized carbons (Fsp3) is 0.0526. The normalized spacial score (nSPS) is 10.6. The van der Waals surface area contributed by atoms with Gasteiger partial charge in [0.25, 0.3) is 11.8 Å². The van der Waals surface area contributed by atoms with Crippen LogP contribution < -0.4 is 24.8 Å². The number of ether oxygens (including phenoxy) is 3. The van der Waals surface area contributed by atoms with Gasteiger partial charge < -0.3 is 24.8 Å². The average Bonchev–Trinajstić information content (AvgIpc) is 3.07. The van der Waals surface area contributed by atoms with E-state index in [-0.39, 0.29) is 11.8 Å². The van der Waals surface area contributed by atoms with Crippen molar-refractivity contribution in [3.05, 3.63) is 151 Å². The predicted octanol–water partition coefficient (Wildman–Crippen LogP) is 9.33. The van der Waals surface area contributed by atoms with Gasteiger partial charge in [-0.1, -0.05) is 42.5 Å². The summed E-state index contributed by atoms with van der Waals surface area (Å²) in [4.78, 5) is 26.6. The second kappa shape index (κ2) is 13.5. The number of para-hydroxylation sites is 2. The standard InChI is InChI=1S/C38H30N2O5/c1-2-43-36-25-26-13-14-27(37(41)39-29-15-19-33(20-16-29)44-31-9-5-3-6-10-31)23-28(26)24-35(36)38(42)40-30-17-21-34(22-18-30)45-32-11-7-4-8-12-32/h3-25H,2H2,1H3,(H,39,41)(H,40,42). The first-order valence-corrected chi connectivity index (χ1v) is 14.5. The van der Waals surface area contributed by atoms with Gasteiger partial charge in [0.05, 0.1) is 12.2 Å². The number of fused-ring (bicyclic) bond motifs is 1. The molecule has 0 atom stereocenters. The van der Waals surface area contributed by atoms with Crippen molar-refractivity contribution in [1.82, 2.24) is 0 Å². The Hall–Kier alpha value is -6.08. The first-order valence-electron chi connectivity index (χ1n) is 14.5. The summed E-state index contributed by atoms with van der Waals surface area (Å²) in [6.45, 7) is 2.26. The molecule has 0 radical (unpaired) electrons. The third kappa shape index (κ3) is 7.29. The molecule has 2 amide bonds. The molecule has 0 aromatic heterocycles. The molecule has 0 aliphatic heterocycles. The molecule has 7 heteroatoms. The summed E-state index contributed by atoms with van der Waals surface area (Å²) in [7, 11) is 0. The van der Waals surface area contributed by atoms with E-state index in [1.54, 1.807) is 66.7 Å². The molecular weight excluding hydrogens is 564 g/mol. The lowest BCUT2D eigenvalue weighted by Crippen LogP contribution is -2.14. The Kier molecular flexibility index (Phi) is 8.69. The Bertz CT molecular complexity index is 1920. The second-order valence-corrected chi connectivity index (χ2v) is 10.1. The first-order chi connectivity index (χ1) is 22.0. The summed E-state index contributed by atoms with van der Waals surface area (Å²) in [5, 5.41) is 7.44. The third-order valence-electron chi connectivity index (χ3n) is 6.93. The second-order valence-electron chi connectivity index (χ2n) is 10.1. The number of rotatable bonds is 10. The van der Waals surface area contributed by atoms with Gasteiger partial charge >= 0.3 is 0 Å². The smallest absolute Gasteiger partial charge is 0.259 e. The molecule has 2 N–H and O–H groups in total. The molecule has 0 fully saturated rings. The highest BCUT2D eigenvalue weighted by molar-refractivity contribution is 6.10. The Balaban J connectivity index is 1.16. The molecule has 0 aliphatic carbocycles. The summed E-state index contributed by atoms with van der Waals surface area (Å²) in [6, 6.07) is 42.2. The lowest BCUT2D eigenvalue weighted by Gasteiger charge is -2.14. The van der Waals surface area contributed by atoms with Gasteiger partial charge in [0.1, 0.15) is 28.7 Å². The minimum atomic E-state index is -0.329. The molecule has 0 saturated heterocycles. The van der Waals surface area contributed by atoms with Crippen LogP contribution in [0.5, 0.6) is 28.7 Å². The zero-order valence-electron chi connectivity index (χ0n) is 24.5. The van der Waals surface area contributed by atoms with Crippen LogP contribution in [0.1, 0.15) is 27.6 Å². The topological polar surface area (TPSA) is 85.9 Å². The van der Waals surface area contributed by atoms with Crippen molar-refractivity contribution >= 4 is 34.0 Å². The quantitative estimate of drug-likeness (QED) is 0.165. The summed E-state index contributed by atoms with van der Waals surface area (Å²) >= 11 is 0. The molecule has 6 rings (SSSR count). The van der Waals surface area contributed by atoms with Gasteiger partial charge in [0.2, 0.25) is 0 Å². The van der Waals surface area contributed by atoms with Gasteiger partial charge in [-0.05, 0) is 115 Å². The first kappa shape index (κ1) is 29.0. The third-order valence-corrected chi connectivity index (χ3v) is 6.93. The molecule has 0 saturated carbocycles. The number of carbonyl (C=O) groups excluding carboxylic acids is 2. The molecule has 0 spiro atoms.